The van der Waals surface area contributed by atoms with Crippen LogP contribution in [0, 0.1) is 10.1 Å². The molecule has 2 aromatic carbocycles. The fraction of sp³-hybridized carbons (Fsp3) is 0.227. The van der Waals surface area contributed by atoms with Crippen molar-refractivity contribution in [1.29, 1.82) is 0 Å². The molecule has 0 bridgehead atoms. The van der Waals surface area contributed by atoms with E-state index in [0.717, 1.165) is 11.4 Å². The monoisotopic (exact) mass is 419 g/mol. The van der Waals surface area contributed by atoms with Gasteiger partial charge in [-0.05, 0) is 18.2 Å². The van der Waals surface area contributed by atoms with Gasteiger partial charge in [0.05, 0.1) is 4.92 Å². The smallest absolute Gasteiger partial charge is 0.269 e. The molecule has 1 saturated heterocycles. The number of rotatable bonds is 6. The zero-order chi connectivity index (χ0) is 21.6. The van der Waals surface area contributed by atoms with Crippen LogP contribution < -0.4 is 9.64 Å². The fourth-order valence-corrected chi connectivity index (χ4v) is 3.34. The molecule has 4 rings (SSSR count). The van der Waals surface area contributed by atoms with Gasteiger partial charge in [-0.2, -0.15) is 0 Å². The molecule has 0 spiro atoms. The van der Waals surface area contributed by atoms with E-state index in [1.807, 2.05) is 36.4 Å². The Hall–Kier alpha value is -4.01. The van der Waals surface area contributed by atoms with Crippen molar-refractivity contribution in [3.8, 4) is 17.1 Å². The SMILES string of the molecule is O=C(COc1ccc([N+](=O)[O-])cc1)N1CCN(c2ccnc(-c3ccccc3)n2)CC1. The number of hydrogen-bond acceptors (Lipinski definition) is 7. The average molecular weight is 419 g/mol. The van der Waals surface area contributed by atoms with Gasteiger partial charge in [0, 0.05) is 50.1 Å². The lowest BCUT2D eigenvalue weighted by molar-refractivity contribution is -0.384. The third-order valence-electron chi connectivity index (χ3n) is 5.04. The number of carbonyl (C=O) groups excluding carboxylic acids is 1. The van der Waals surface area contributed by atoms with Crippen molar-refractivity contribution in [2.45, 2.75) is 0 Å². The molecular weight excluding hydrogens is 398 g/mol. The van der Waals surface area contributed by atoms with Crippen molar-refractivity contribution in [2.75, 3.05) is 37.7 Å². The predicted octanol–water partition coefficient (Wildman–Crippen LogP) is 2.78. The van der Waals surface area contributed by atoms with Crippen LogP contribution in [0.25, 0.3) is 11.4 Å². The Kier molecular flexibility index (Phi) is 6.02. The molecule has 3 aromatic rings. The molecule has 0 unspecified atom stereocenters. The Morgan fingerprint density at radius 1 is 1.00 bits per heavy atom. The van der Waals surface area contributed by atoms with Gasteiger partial charge in [-0.1, -0.05) is 30.3 Å². The van der Waals surface area contributed by atoms with Crippen molar-refractivity contribution < 1.29 is 14.5 Å². The lowest BCUT2D eigenvalue weighted by Crippen LogP contribution is -2.50. The van der Waals surface area contributed by atoms with Crippen LogP contribution in [-0.4, -0.2) is 58.5 Å². The minimum absolute atomic E-state index is 0.0186. The number of carbonyl (C=O) groups is 1. The van der Waals surface area contributed by atoms with Crippen molar-refractivity contribution in [3.05, 3.63) is 77.0 Å². The molecule has 0 atom stereocenters. The number of aromatic nitrogens is 2. The Balaban J connectivity index is 1.30. The number of nitrogens with zero attached hydrogens (tertiary/aromatic N) is 5. The van der Waals surface area contributed by atoms with Gasteiger partial charge in [0.15, 0.2) is 12.4 Å². The zero-order valence-electron chi connectivity index (χ0n) is 16.8. The molecule has 0 radical (unpaired) electrons. The average Bonchev–Trinajstić information content (AvgIpc) is 2.83. The first kappa shape index (κ1) is 20.3. The topological polar surface area (TPSA) is 102 Å². The molecule has 158 valence electrons. The number of amides is 1. The van der Waals surface area contributed by atoms with Gasteiger partial charge in [0.2, 0.25) is 0 Å². The second-order valence-electron chi connectivity index (χ2n) is 7.01. The van der Waals surface area contributed by atoms with Crippen molar-refractivity contribution in [3.63, 3.8) is 0 Å². The van der Waals surface area contributed by atoms with E-state index in [2.05, 4.69) is 14.9 Å². The third kappa shape index (κ3) is 4.95. The van der Waals surface area contributed by atoms with E-state index < -0.39 is 4.92 Å². The summed E-state index contributed by atoms with van der Waals surface area (Å²) in [4.78, 5) is 35.6. The molecule has 9 heteroatoms. The van der Waals surface area contributed by atoms with E-state index in [-0.39, 0.29) is 18.2 Å². The van der Waals surface area contributed by atoms with Crippen molar-refractivity contribution >= 4 is 17.4 Å². The van der Waals surface area contributed by atoms with Crippen LogP contribution in [0.15, 0.2) is 66.9 Å². The summed E-state index contributed by atoms with van der Waals surface area (Å²) < 4.78 is 5.48. The summed E-state index contributed by atoms with van der Waals surface area (Å²) in [7, 11) is 0. The van der Waals surface area contributed by atoms with Crippen LogP contribution in [-0.2, 0) is 4.79 Å². The number of non-ortho nitro benzene ring substituents is 1. The summed E-state index contributed by atoms with van der Waals surface area (Å²) in [5.74, 6) is 1.81. The van der Waals surface area contributed by atoms with E-state index in [0.29, 0.717) is 37.8 Å². The largest absolute Gasteiger partial charge is 0.484 e. The maximum atomic E-state index is 12.5. The summed E-state index contributed by atoms with van der Waals surface area (Å²) in [6, 6.07) is 17.4. The van der Waals surface area contributed by atoms with Crippen LogP contribution in [0.2, 0.25) is 0 Å². The van der Waals surface area contributed by atoms with Crippen molar-refractivity contribution in [2.24, 2.45) is 0 Å². The number of benzene rings is 2. The Morgan fingerprint density at radius 2 is 1.71 bits per heavy atom. The van der Waals surface area contributed by atoms with E-state index in [1.165, 1.54) is 24.3 Å². The molecule has 0 aliphatic carbocycles. The minimum atomic E-state index is -0.477. The Morgan fingerprint density at radius 3 is 2.39 bits per heavy atom. The normalized spacial score (nSPS) is 13.7. The van der Waals surface area contributed by atoms with E-state index in [9.17, 15) is 14.9 Å². The second-order valence-corrected chi connectivity index (χ2v) is 7.01. The quantitative estimate of drug-likeness (QED) is 0.447. The molecule has 1 fully saturated rings. The number of hydrogen-bond donors (Lipinski definition) is 0. The summed E-state index contributed by atoms with van der Waals surface area (Å²) in [5, 5.41) is 10.7. The lowest BCUT2D eigenvalue weighted by Gasteiger charge is -2.35. The Bertz CT molecular complexity index is 1050. The highest BCUT2D eigenvalue weighted by Gasteiger charge is 2.22. The first-order chi connectivity index (χ1) is 15.1. The van der Waals surface area contributed by atoms with Crippen LogP contribution in [0.4, 0.5) is 11.5 Å². The summed E-state index contributed by atoms with van der Waals surface area (Å²) in [5.41, 5.74) is 0.941. The number of ether oxygens (including phenoxy) is 1. The van der Waals surface area contributed by atoms with Crippen LogP contribution >= 0.6 is 0 Å². The number of nitro groups is 1. The van der Waals surface area contributed by atoms with Gasteiger partial charge in [-0.15, -0.1) is 0 Å². The number of piperazine rings is 1. The maximum absolute atomic E-state index is 12.5. The summed E-state index contributed by atoms with van der Waals surface area (Å²) in [6.07, 6.45) is 1.75. The van der Waals surface area contributed by atoms with E-state index >= 15 is 0 Å². The molecular formula is C22H21N5O4. The predicted molar refractivity (Wildman–Crippen MR) is 115 cm³/mol. The summed E-state index contributed by atoms with van der Waals surface area (Å²) in [6.45, 7) is 2.34. The van der Waals surface area contributed by atoms with Crippen LogP contribution in [0.5, 0.6) is 5.75 Å². The first-order valence-electron chi connectivity index (χ1n) is 9.88. The zero-order valence-corrected chi connectivity index (χ0v) is 16.8. The molecule has 2 heterocycles. The molecule has 9 nitrogen and oxygen atoms in total. The van der Waals surface area contributed by atoms with Crippen LogP contribution in [0.1, 0.15) is 0 Å². The van der Waals surface area contributed by atoms with E-state index in [4.69, 9.17) is 4.74 Å². The molecule has 1 aromatic heterocycles. The van der Waals surface area contributed by atoms with E-state index in [1.54, 1.807) is 11.1 Å². The highest BCUT2D eigenvalue weighted by molar-refractivity contribution is 5.78. The highest BCUT2D eigenvalue weighted by atomic mass is 16.6. The molecule has 0 N–H and O–H groups in total. The fourth-order valence-electron chi connectivity index (χ4n) is 3.34. The van der Waals surface area contributed by atoms with Gasteiger partial charge < -0.3 is 14.5 Å². The standard InChI is InChI=1S/C22H21N5O4/c28-21(16-31-19-8-6-18(7-9-19)27(29)30)26-14-12-25(13-15-26)20-10-11-23-22(24-20)17-4-2-1-3-5-17/h1-11H,12-16H2. The van der Waals surface area contributed by atoms with Gasteiger partial charge in [-0.25, -0.2) is 9.97 Å². The van der Waals surface area contributed by atoms with Gasteiger partial charge in [0.25, 0.3) is 11.6 Å². The lowest BCUT2D eigenvalue weighted by atomic mass is 10.2. The minimum Gasteiger partial charge on any atom is -0.484 e. The van der Waals surface area contributed by atoms with Gasteiger partial charge in [-0.3, -0.25) is 14.9 Å². The van der Waals surface area contributed by atoms with Gasteiger partial charge >= 0.3 is 0 Å². The van der Waals surface area contributed by atoms with Gasteiger partial charge in [0.1, 0.15) is 11.6 Å². The third-order valence-corrected chi connectivity index (χ3v) is 5.04. The summed E-state index contributed by atoms with van der Waals surface area (Å²) >= 11 is 0. The van der Waals surface area contributed by atoms with Crippen LogP contribution in [0.3, 0.4) is 0 Å². The molecule has 1 aliphatic heterocycles. The molecule has 1 aliphatic rings. The second kappa shape index (κ2) is 9.21. The van der Waals surface area contributed by atoms with Crippen molar-refractivity contribution in [1.82, 2.24) is 14.9 Å². The molecule has 1 amide bonds. The highest BCUT2D eigenvalue weighted by Crippen LogP contribution is 2.20. The molecule has 0 saturated carbocycles. The maximum Gasteiger partial charge on any atom is 0.269 e. The number of anilines is 1. The number of nitro benzene ring substituents is 1. The Labute approximate surface area is 179 Å². The molecule has 31 heavy (non-hydrogen) atoms. The first-order valence-corrected chi connectivity index (χ1v) is 9.88.